The van der Waals surface area contributed by atoms with E-state index in [4.69, 9.17) is 21.1 Å². The van der Waals surface area contributed by atoms with Crippen LogP contribution in [0.2, 0.25) is 5.02 Å². The highest BCUT2D eigenvalue weighted by Gasteiger charge is 2.29. The van der Waals surface area contributed by atoms with Crippen LogP contribution >= 0.6 is 11.6 Å². The summed E-state index contributed by atoms with van der Waals surface area (Å²) in [6, 6.07) is 10.7. The minimum absolute atomic E-state index is 0.106. The summed E-state index contributed by atoms with van der Waals surface area (Å²) < 4.78 is 43.4. The Balaban J connectivity index is 1.74. The number of pyridine rings is 1. The summed E-state index contributed by atoms with van der Waals surface area (Å²) in [5.41, 5.74) is 0.694. The van der Waals surface area contributed by atoms with Crippen molar-refractivity contribution in [2.45, 2.75) is 51.4 Å². The van der Waals surface area contributed by atoms with Crippen LogP contribution in [-0.4, -0.2) is 42.7 Å². The van der Waals surface area contributed by atoms with Gasteiger partial charge < -0.3 is 19.5 Å². The van der Waals surface area contributed by atoms with Gasteiger partial charge in [-0.1, -0.05) is 11.6 Å². The second-order valence-electron chi connectivity index (χ2n) is 9.38. The highest BCUT2D eigenvalue weighted by molar-refractivity contribution is 6.31. The molecule has 8 nitrogen and oxygen atoms in total. The summed E-state index contributed by atoms with van der Waals surface area (Å²) >= 11 is 6.12. The van der Waals surface area contributed by atoms with E-state index in [1.807, 2.05) is 0 Å². The molecule has 1 amide bonds. The molecule has 2 aromatic carbocycles. The van der Waals surface area contributed by atoms with E-state index >= 15 is 0 Å². The molecule has 1 N–H and O–H groups in total. The highest BCUT2D eigenvalue weighted by atomic mass is 35.5. The number of methoxy groups -OCH3 is 1. The van der Waals surface area contributed by atoms with E-state index in [9.17, 15) is 23.2 Å². The van der Waals surface area contributed by atoms with Crippen molar-refractivity contribution < 1.29 is 32.6 Å². The lowest BCUT2D eigenvalue weighted by atomic mass is 10.00. The van der Waals surface area contributed by atoms with Gasteiger partial charge in [-0.2, -0.15) is 8.78 Å². The Morgan fingerprint density at radius 3 is 2.45 bits per heavy atom. The number of aromatic nitrogens is 1. The quantitative estimate of drug-likeness (QED) is 0.293. The third-order valence-electron chi connectivity index (χ3n) is 6.67. The first-order chi connectivity index (χ1) is 19.2. The van der Waals surface area contributed by atoms with Crippen LogP contribution < -0.4 is 20.3 Å². The van der Waals surface area contributed by atoms with Crippen molar-refractivity contribution in [3.05, 3.63) is 75.7 Å². The summed E-state index contributed by atoms with van der Waals surface area (Å²) in [7, 11) is 1.36. The van der Waals surface area contributed by atoms with Gasteiger partial charge in [0.05, 0.1) is 19.4 Å². The smallest absolute Gasteiger partial charge is 0.387 e. The first kappa shape index (κ1) is 29.2. The normalized spacial score (nSPS) is 15.9. The summed E-state index contributed by atoms with van der Waals surface area (Å²) in [5.74, 6) is -0.611. The number of halogens is 3. The largest absolute Gasteiger partial charge is 0.495 e. The maximum Gasteiger partial charge on any atom is 0.387 e. The zero-order valence-corrected chi connectivity index (χ0v) is 22.8. The molecule has 1 aromatic heterocycles. The summed E-state index contributed by atoms with van der Waals surface area (Å²) in [4.78, 5) is 38.7. The predicted molar refractivity (Wildman–Crippen MR) is 147 cm³/mol. The van der Waals surface area contributed by atoms with E-state index < -0.39 is 24.1 Å². The Morgan fingerprint density at radius 1 is 1.10 bits per heavy atom. The van der Waals surface area contributed by atoms with Crippen LogP contribution in [-0.2, 0) is 9.53 Å². The van der Waals surface area contributed by atoms with Crippen LogP contribution in [0.5, 0.6) is 11.5 Å². The van der Waals surface area contributed by atoms with Gasteiger partial charge in [0, 0.05) is 46.5 Å². The van der Waals surface area contributed by atoms with Gasteiger partial charge in [0.15, 0.2) is 5.78 Å². The molecule has 0 radical (unpaired) electrons. The molecule has 3 aromatic rings. The van der Waals surface area contributed by atoms with Gasteiger partial charge in [0.25, 0.3) is 5.56 Å². The zero-order chi connectivity index (χ0) is 28.8. The average Bonchev–Trinajstić information content (AvgIpc) is 2.93. The Morgan fingerprint density at radius 2 is 1.82 bits per heavy atom. The summed E-state index contributed by atoms with van der Waals surface area (Å²) in [5, 5.41) is 3.06. The van der Waals surface area contributed by atoms with Crippen LogP contribution in [0.4, 0.5) is 14.5 Å². The van der Waals surface area contributed by atoms with Crippen molar-refractivity contribution >= 4 is 29.0 Å². The summed E-state index contributed by atoms with van der Waals surface area (Å²) in [6.07, 6.45) is 3.93. The van der Waals surface area contributed by atoms with Gasteiger partial charge in [0.1, 0.15) is 17.5 Å². The van der Waals surface area contributed by atoms with Gasteiger partial charge >= 0.3 is 6.61 Å². The third kappa shape index (κ3) is 7.05. The van der Waals surface area contributed by atoms with Crippen molar-refractivity contribution in [1.82, 2.24) is 4.57 Å². The Labute approximate surface area is 234 Å². The second-order valence-corrected chi connectivity index (χ2v) is 9.82. The fraction of sp³-hybridized carbons (Fsp3) is 0.345. The molecule has 1 saturated heterocycles. The number of nitrogens with zero attached hydrogens (tertiary/aromatic N) is 1. The number of carbonyl (C=O) groups excluding carboxylic acids is 2. The van der Waals surface area contributed by atoms with Gasteiger partial charge in [-0.25, -0.2) is 0 Å². The van der Waals surface area contributed by atoms with E-state index in [1.165, 1.54) is 49.1 Å². The minimum atomic E-state index is -3.10. The number of hydrogen-bond donors (Lipinski definition) is 1. The lowest BCUT2D eigenvalue weighted by Crippen LogP contribution is -2.36. The molecule has 0 bridgehead atoms. The number of nitrogens with one attached hydrogen (secondary N) is 1. The lowest BCUT2D eigenvalue weighted by Gasteiger charge is -2.28. The van der Waals surface area contributed by atoms with Crippen LogP contribution in [0.1, 0.15) is 49.0 Å². The van der Waals surface area contributed by atoms with Crippen LogP contribution in [0.15, 0.2) is 59.5 Å². The number of amides is 1. The van der Waals surface area contributed by atoms with Gasteiger partial charge in [-0.05, 0) is 68.7 Å². The molecule has 0 spiro atoms. The number of ether oxygens (including phenoxy) is 3. The number of anilines is 1. The molecular weight excluding hydrogens is 546 g/mol. The number of benzene rings is 2. The predicted octanol–water partition coefficient (Wildman–Crippen LogP) is 6.12. The monoisotopic (exact) mass is 574 g/mol. The molecule has 1 aliphatic heterocycles. The molecule has 1 unspecified atom stereocenters. The fourth-order valence-electron chi connectivity index (χ4n) is 4.66. The molecule has 0 saturated carbocycles. The number of Topliss-reactive ketones (excluding diaryl/α,β-unsaturated/α-hetero) is 1. The van der Waals surface area contributed by atoms with Gasteiger partial charge in [-0.15, -0.1) is 0 Å². The molecule has 1 fully saturated rings. The maximum absolute atomic E-state index is 13.6. The SMILES string of the molecule is COc1cn(C(C[C@@H]2CCCCO2)C(=O)Nc2ccc(C(C)=O)cc2)c(=O)cc1-c1cc(Cl)ccc1OC(F)F. The van der Waals surface area contributed by atoms with Crippen LogP contribution in [0.3, 0.4) is 0 Å². The average molecular weight is 575 g/mol. The topological polar surface area (TPSA) is 95.9 Å². The van der Waals surface area contributed by atoms with E-state index in [-0.39, 0.29) is 46.0 Å². The van der Waals surface area contributed by atoms with Crippen molar-refractivity contribution in [3.63, 3.8) is 0 Å². The number of carbonyl (C=O) groups is 2. The highest BCUT2D eigenvalue weighted by Crippen LogP contribution is 2.38. The molecular formula is C29H29ClF2N2O6. The Bertz CT molecular complexity index is 1420. The van der Waals surface area contributed by atoms with E-state index in [2.05, 4.69) is 10.1 Å². The second kappa shape index (κ2) is 13.1. The zero-order valence-electron chi connectivity index (χ0n) is 22.0. The molecule has 1 aliphatic rings. The molecule has 4 rings (SSSR count). The van der Waals surface area contributed by atoms with Crippen molar-refractivity contribution in [2.24, 2.45) is 0 Å². The number of ketones is 1. The Kier molecular flexibility index (Phi) is 9.54. The third-order valence-corrected chi connectivity index (χ3v) is 6.90. The van der Waals surface area contributed by atoms with Crippen LogP contribution in [0, 0.1) is 0 Å². The Hall–Kier alpha value is -3.76. The lowest BCUT2D eigenvalue weighted by molar-refractivity contribution is -0.121. The molecule has 212 valence electrons. The number of alkyl halides is 2. The van der Waals surface area contributed by atoms with Gasteiger partial charge in [-0.3, -0.25) is 19.0 Å². The molecule has 40 heavy (non-hydrogen) atoms. The standard InChI is InChI=1S/C29H29ClF2N2O6/c1-17(35)18-6-9-20(10-7-18)33-28(37)24(14-21-5-3-4-12-39-21)34-16-26(38-2)23(15-27(34)36)22-13-19(30)8-11-25(22)40-29(31)32/h6-11,13,15-16,21,24,29H,3-5,12,14H2,1-2H3,(H,33,37)/t21-,24?/m0/s1. The molecule has 11 heteroatoms. The van der Waals surface area contributed by atoms with Crippen molar-refractivity contribution in [3.8, 4) is 22.6 Å². The minimum Gasteiger partial charge on any atom is -0.495 e. The number of hydrogen-bond acceptors (Lipinski definition) is 6. The van der Waals surface area contributed by atoms with E-state index in [0.717, 1.165) is 19.3 Å². The van der Waals surface area contributed by atoms with Crippen molar-refractivity contribution in [1.29, 1.82) is 0 Å². The fourth-order valence-corrected chi connectivity index (χ4v) is 4.83. The van der Waals surface area contributed by atoms with E-state index in [1.54, 1.807) is 24.3 Å². The molecule has 2 heterocycles. The maximum atomic E-state index is 13.6. The van der Waals surface area contributed by atoms with Gasteiger partial charge in [0.2, 0.25) is 5.91 Å². The first-order valence-corrected chi connectivity index (χ1v) is 13.1. The number of rotatable bonds is 10. The molecule has 2 atom stereocenters. The first-order valence-electron chi connectivity index (χ1n) is 12.7. The summed E-state index contributed by atoms with van der Waals surface area (Å²) in [6.45, 7) is -1.09. The van der Waals surface area contributed by atoms with E-state index in [0.29, 0.717) is 17.9 Å². The van der Waals surface area contributed by atoms with Crippen LogP contribution in [0.25, 0.3) is 11.1 Å². The van der Waals surface area contributed by atoms with Crippen molar-refractivity contribution in [2.75, 3.05) is 19.0 Å². The molecule has 0 aliphatic carbocycles.